The van der Waals surface area contributed by atoms with Crippen molar-refractivity contribution in [3.63, 3.8) is 0 Å². The van der Waals surface area contributed by atoms with Gasteiger partial charge >= 0.3 is 0 Å². The second kappa shape index (κ2) is 8.28. The fourth-order valence-electron chi connectivity index (χ4n) is 4.38. The normalized spacial score (nSPS) is 22.7. The topological polar surface area (TPSA) is 40.6 Å². The van der Waals surface area contributed by atoms with Gasteiger partial charge in [0.15, 0.2) is 0 Å². The first-order valence-electron chi connectivity index (χ1n) is 10.2. The van der Waals surface area contributed by atoms with Crippen LogP contribution in [-0.4, -0.2) is 41.2 Å². The summed E-state index contributed by atoms with van der Waals surface area (Å²) >= 11 is 0. The second-order valence-electron chi connectivity index (χ2n) is 8.40. The molecule has 2 heterocycles. The van der Waals surface area contributed by atoms with E-state index in [0.717, 1.165) is 25.8 Å². The molecule has 0 saturated carbocycles. The molecule has 2 aliphatic heterocycles. The first-order valence-corrected chi connectivity index (χ1v) is 10.2. The van der Waals surface area contributed by atoms with Crippen molar-refractivity contribution in [2.24, 2.45) is 5.41 Å². The third kappa shape index (κ3) is 4.26. The quantitative estimate of drug-likeness (QED) is 0.709. The lowest BCUT2D eigenvalue weighted by Gasteiger charge is -2.39. The van der Waals surface area contributed by atoms with Gasteiger partial charge in [-0.15, -0.1) is 6.58 Å². The first kappa shape index (κ1) is 19.7. The van der Waals surface area contributed by atoms with Gasteiger partial charge in [0.05, 0.1) is 5.41 Å². The highest BCUT2D eigenvalue weighted by Gasteiger charge is 2.49. The van der Waals surface area contributed by atoms with Gasteiger partial charge in [0.25, 0.3) is 0 Å². The van der Waals surface area contributed by atoms with Crippen LogP contribution in [0.15, 0.2) is 36.9 Å². The molecule has 1 aromatic carbocycles. The van der Waals surface area contributed by atoms with Gasteiger partial charge in [-0.05, 0) is 42.7 Å². The van der Waals surface area contributed by atoms with Crippen LogP contribution in [0.25, 0.3) is 0 Å². The average Bonchev–Trinajstić information content (AvgIpc) is 3.09. The van der Waals surface area contributed by atoms with Crippen LogP contribution in [0.5, 0.6) is 0 Å². The van der Waals surface area contributed by atoms with Crippen LogP contribution in [0.4, 0.5) is 0 Å². The van der Waals surface area contributed by atoms with Crippen LogP contribution in [-0.2, 0) is 16.1 Å². The number of piperidine rings is 1. The molecule has 2 amide bonds. The summed E-state index contributed by atoms with van der Waals surface area (Å²) in [6.07, 6.45) is 5.70. The molecule has 0 N–H and O–H groups in total. The molecule has 0 bridgehead atoms. The molecule has 146 valence electrons. The van der Waals surface area contributed by atoms with Gasteiger partial charge in [-0.1, -0.05) is 44.2 Å². The lowest BCUT2D eigenvalue weighted by molar-refractivity contribution is -0.146. The zero-order chi connectivity index (χ0) is 19.4. The van der Waals surface area contributed by atoms with E-state index in [1.54, 1.807) is 6.08 Å². The van der Waals surface area contributed by atoms with Crippen molar-refractivity contribution in [3.05, 3.63) is 48.0 Å². The molecule has 3 rings (SSSR count). The van der Waals surface area contributed by atoms with Crippen LogP contribution < -0.4 is 0 Å². The number of carbonyl (C=O) groups excluding carboxylic acids is 2. The number of likely N-dealkylation sites (tertiary alicyclic amines) is 2. The predicted molar refractivity (Wildman–Crippen MR) is 108 cm³/mol. The second-order valence-corrected chi connectivity index (χ2v) is 8.40. The van der Waals surface area contributed by atoms with E-state index in [1.807, 2.05) is 9.80 Å². The Kier molecular flexibility index (Phi) is 6.03. The van der Waals surface area contributed by atoms with Gasteiger partial charge in [0.2, 0.25) is 11.8 Å². The number of allylic oxidation sites excluding steroid dienone is 1. The summed E-state index contributed by atoms with van der Waals surface area (Å²) in [5, 5.41) is 0. The molecule has 2 aliphatic rings. The number of benzene rings is 1. The minimum absolute atomic E-state index is 0.154. The van der Waals surface area contributed by atoms with E-state index in [4.69, 9.17) is 0 Å². The Morgan fingerprint density at radius 3 is 2.63 bits per heavy atom. The van der Waals surface area contributed by atoms with Crippen molar-refractivity contribution in [3.8, 4) is 0 Å². The van der Waals surface area contributed by atoms with Crippen LogP contribution in [0, 0.1) is 5.41 Å². The minimum Gasteiger partial charge on any atom is -0.342 e. The third-order valence-corrected chi connectivity index (χ3v) is 6.11. The van der Waals surface area contributed by atoms with Gasteiger partial charge in [0.1, 0.15) is 0 Å². The first-order chi connectivity index (χ1) is 12.9. The number of hydrogen-bond donors (Lipinski definition) is 0. The van der Waals surface area contributed by atoms with E-state index in [1.165, 1.54) is 11.1 Å². The molecule has 0 aromatic heterocycles. The number of rotatable bonds is 6. The summed E-state index contributed by atoms with van der Waals surface area (Å²) in [7, 11) is 0. The molecule has 2 fully saturated rings. The minimum atomic E-state index is -0.361. The highest BCUT2D eigenvalue weighted by Crippen LogP contribution is 2.40. The summed E-state index contributed by atoms with van der Waals surface area (Å²) in [5.41, 5.74) is 2.14. The summed E-state index contributed by atoms with van der Waals surface area (Å²) in [4.78, 5) is 29.5. The number of amides is 2. The number of nitrogens with zero attached hydrogens (tertiary/aromatic N) is 2. The molecule has 4 heteroatoms. The molecule has 1 atom stereocenters. The largest absolute Gasteiger partial charge is 0.342 e. The van der Waals surface area contributed by atoms with E-state index < -0.39 is 0 Å². The van der Waals surface area contributed by atoms with Gasteiger partial charge < -0.3 is 9.80 Å². The zero-order valence-corrected chi connectivity index (χ0v) is 16.7. The molecule has 2 saturated heterocycles. The predicted octanol–water partition coefficient (Wildman–Crippen LogP) is 4.12. The van der Waals surface area contributed by atoms with Crippen LogP contribution in [0.2, 0.25) is 0 Å². The Bertz CT molecular complexity index is 695. The Morgan fingerprint density at radius 2 is 1.96 bits per heavy atom. The molecule has 1 aromatic rings. The molecule has 4 nitrogen and oxygen atoms in total. The Morgan fingerprint density at radius 1 is 1.22 bits per heavy atom. The Hall–Kier alpha value is -2.10. The third-order valence-electron chi connectivity index (χ3n) is 6.11. The van der Waals surface area contributed by atoms with Crippen LogP contribution >= 0.6 is 0 Å². The summed E-state index contributed by atoms with van der Waals surface area (Å²) in [6.45, 7) is 10.8. The zero-order valence-electron chi connectivity index (χ0n) is 16.7. The standard InChI is InChI=1S/C23H32N2O2/c1-4-5-7-21(26)25-15-13-23(17-25)12-6-14-24(22(23)27)16-19-8-10-20(11-9-19)18(2)3/h4,8-11,18H,1,5-7,12-17H2,2-3H3. The Labute approximate surface area is 163 Å². The Balaban J connectivity index is 1.65. The van der Waals surface area contributed by atoms with E-state index in [2.05, 4.69) is 44.7 Å². The molecular formula is C23H32N2O2. The fraction of sp³-hybridized carbons (Fsp3) is 0.565. The number of carbonyl (C=O) groups is 2. The van der Waals surface area contributed by atoms with Crippen molar-refractivity contribution in [2.45, 2.75) is 58.4 Å². The SMILES string of the molecule is C=CCCC(=O)N1CCC2(CCCN(Cc3ccc(C(C)C)cc3)C2=O)C1. The van der Waals surface area contributed by atoms with Gasteiger partial charge in [-0.2, -0.15) is 0 Å². The monoisotopic (exact) mass is 368 g/mol. The van der Waals surface area contributed by atoms with E-state index in [9.17, 15) is 9.59 Å². The molecule has 0 aliphatic carbocycles. The molecular weight excluding hydrogens is 336 g/mol. The summed E-state index contributed by atoms with van der Waals surface area (Å²) in [5.74, 6) is 0.906. The van der Waals surface area contributed by atoms with Crippen LogP contribution in [0.3, 0.4) is 0 Å². The molecule has 27 heavy (non-hydrogen) atoms. The maximum atomic E-state index is 13.3. The molecule has 1 spiro atoms. The van der Waals surface area contributed by atoms with Gasteiger partial charge in [-0.3, -0.25) is 9.59 Å². The average molecular weight is 369 g/mol. The van der Waals surface area contributed by atoms with Crippen molar-refractivity contribution in [1.82, 2.24) is 9.80 Å². The highest BCUT2D eigenvalue weighted by atomic mass is 16.2. The van der Waals surface area contributed by atoms with Crippen molar-refractivity contribution in [1.29, 1.82) is 0 Å². The molecule has 1 unspecified atom stereocenters. The van der Waals surface area contributed by atoms with Crippen molar-refractivity contribution < 1.29 is 9.59 Å². The van der Waals surface area contributed by atoms with E-state index >= 15 is 0 Å². The maximum absolute atomic E-state index is 13.3. The van der Waals surface area contributed by atoms with E-state index in [0.29, 0.717) is 38.4 Å². The fourth-order valence-corrected chi connectivity index (χ4v) is 4.38. The van der Waals surface area contributed by atoms with Crippen molar-refractivity contribution >= 4 is 11.8 Å². The smallest absolute Gasteiger partial charge is 0.230 e. The maximum Gasteiger partial charge on any atom is 0.230 e. The van der Waals surface area contributed by atoms with Gasteiger partial charge in [-0.25, -0.2) is 0 Å². The lowest BCUT2D eigenvalue weighted by atomic mass is 9.78. The van der Waals surface area contributed by atoms with Crippen LogP contribution in [0.1, 0.15) is 63.0 Å². The lowest BCUT2D eigenvalue weighted by Crippen LogP contribution is -2.50. The summed E-state index contributed by atoms with van der Waals surface area (Å²) < 4.78 is 0. The number of hydrogen-bond acceptors (Lipinski definition) is 2. The summed E-state index contributed by atoms with van der Waals surface area (Å²) in [6, 6.07) is 8.62. The molecule has 0 radical (unpaired) electrons. The van der Waals surface area contributed by atoms with Gasteiger partial charge in [0, 0.05) is 32.6 Å². The van der Waals surface area contributed by atoms with E-state index in [-0.39, 0.29) is 17.2 Å². The van der Waals surface area contributed by atoms with Crippen molar-refractivity contribution in [2.75, 3.05) is 19.6 Å². The highest BCUT2D eigenvalue weighted by molar-refractivity contribution is 5.86.